The number of halogens is 2. The minimum absolute atomic E-state index is 0.516. The third-order valence-corrected chi connectivity index (χ3v) is 3.38. The van der Waals surface area contributed by atoms with Crippen molar-refractivity contribution >= 4 is 51.7 Å². The van der Waals surface area contributed by atoms with E-state index < -0.39 is 0 Å². The molecule has 6 nitrogen and oxygen atoms in total. The number of benzene rings is 1. The molecule has 108 valence electrons. The minimum Gasteiger partial charge on any atom is -0.354 e. The van der Waals surface area contributed by atoms with Gasteiger partial charge in [0, 0.05) is 11.6 Å². The summed E-state index contributed by atoms with van der Waals surface area (Å²) in [7, 11) is 0. The first-order chi connectivity index (χ1) is 10.2. The van der Waals surface area contributed by atoms with Crippen LogP contribution in [-0.2, 0) is 0 Å². The molecule has 0 aliphatic heterocycles. The first-order valence-corrected chi connectivity index (χ1v) is 7.10. The molecule has 21 heavy (non-hydrogen) atoms. The predicted octanol–water partition coefficient (Wildman–Crippen LogP) is 3.84. The summed E-state index contributed by atoms with van der Waals surface area (Å²) in [6.07, 6.45) is 1.66. The summed E-state index contributed by atoms with van der Waals surface area (Å²) in [4.78, 5) is 8.77. The lowest BCUT2D eigenvalue weighted by molar-refractivity contribution is 1.07. The van der Waals surface area contributed by atoms with E-state index in [1.54, 1.807) is 24.4 Å². The molecule has 0 aliphatic rings. The number of aromatic nitrogens is 4. The largest absolute Gasteiger partial charge is 0.354 e. The van der Waals surface area contributed by atoms with Gasteiger partial charge in [0.05, 0.1) is 22.3 Å². The van der Waals surface area contributed by atoms with Gasteiger partial charge < -0.3 is 10.6 Å². The molecule has 3 rings (SSSR count). The van der Waals surface area contributed by atoms with Gasteiger partial charge in [-0.25, -0.2) is 0 Å². The first-order valence-electron chi connectivity index (χ1n) is 6.34. The lowest BCUT2D eigenvalue weighted by Gasteiger charge is -2.10. The Morgan fingerprint density at radius 2 is 2.10 bits per heavy atom. The van der Waals surface area contributed by atoms with Gasteiger partial charge in [-0.3, -0.25) is 5.10 Å². The van der Waals surface area contributed by atoms with Crippen molar-refractivity contribution in [1.29, 1.82) is 0 Å². The standard InChI is InChI=1S/C13H12Cl2N6/c1-2-16-13-19-11(8-6-17-21-12(8)20-13)18-10-4-3-7(14)5-9(10)15/h3-6H,2H2,1H3,(H3,16,17,18,19,20,21). The van der Waals surface area contributed by atoms with Crippen molar-refractivity contribution in [1.82, 2.24) is 20.2 Å². The second kappa shape index (κ2) is 5.75. The molecule has 2 aromatic heterocycles. The Labute approximate surface area is 130 Å². The van der Waals surface area contributed by atoms with Crippen molar-refractivity contribution in [2.75, 3.05) is 17.2 Å². The molecule has 8 heteroatoms. The van der Waals surface area contributed by atoms with Gasteiger partial charge in [0.25, 0.3) is 0 Å². The van der Waals surface area contributed by atoms with Gasteiger partial charge in [-0.15, -0.1) is 0 Å². The van der Waals surface area contributed by atoms with Crippen LogP contribution >= 0.6 is 23.2 Å². The van der Waals surface area contributed by atoms with E-state index in [1.807, 2.05) is 6.92 Å². The smallest absolute Gasteiger partial charge is 0.226 e. The van der Waals surface area contributed by atoms with Crippen LogP contribution in [0, 0.1) is 0 Å². The molecule has 0 spiro atoms. The van der Waals surface area contributed by atoms with E-state index in [0.29, 0.717) is 33.1 Å². The second-order valence-corrected chi connectivity index (χ2v) is 5.15. The van der Waals surface area contributed by atoms with Crippen molar-refractivity contribution in [2.45, 2.75) is 6.92 Å². The van der Waals surface area contributed by atoms with Crippen LogP contribution in [-0.4, -0.2) is 26.7 Å². The maximum atomic E-state index is 6.18. The molecule has 2 heterocycles. The van der Waals surface area contributed by atoms with Crippen LogP contribution in [0.3, 0.4) is 0 Å². The predicted molar refractivity (Wildman–Crippen MR) is 85.6 cm³/mol. The highest BCUT2D eigenvalue weighted by atomic mass is 35.5. The maximum absolute atomic E-state index is 6.18. The van der Waals surface area contributed by atoms with E-state index in [2.05, 4.69) is 30.8 Å². The van der Waals surface area contributed by atoms with Crippen LogP contribution in [0.25, 0.3) is 11.0 Å². The van der Waals surface area contributed by atoms with Crippen molar-refractivity contribution in [3.05, 3.63) is 34.4 Å². The number of H-pyrrole nitrogens is 1. The van der Waals surface area contributed by atoms with Crippen molar-refractivity contribution < 1.29 is 0 Å². The molecule has 0 saturated carbocycles. The maximum Gasteiger partial charge on any atom is 0.226 e. The van der Waals surface area contributed by atoms with Crippen LogP contribution in [0.2, 0.25) is 10.0 Å². The Morgan fingerprint density at radius 1 is 1.24 bits per heavy atom. The zero-order valence-electron chi connectivity index (χ0n) is 11.1. The highest BCUT2D eigenvalue weighted by molar-refractivity contribution is 6.36. The van der Waals surface area contributed by atoms with Gasteiger partial charge in [0.2, 0.25) is 5.95 Å². The lowest BCUT2D eigenvalue weighted by atomic mass is 10.3. The summed E-state index contributed by atoms with van der Waals surface area (Å²) in [6.45, 7) is 2.70. The van der Waals surface area contributed by atoms with Gasteiger partial charge in [0.15, 0.2) is 5.65 Å². The van der Waals surface area contributed by atoms with E-state index in [-0.39, 0.29) is 0 Å². The van der Waals surface area contributed by atoms with E-state index in [1.165, 1.54) is 0 Å². The number of aromatic amines is 1. The Bertz CT molecular complexity index is 785. The van der Waals surface area contributed by atoms with Crippen molar-refractivity contribution in [2.24, 2.45) is 0 Å². The second-order valence-electron chi connectivity index (χ2n) is 4.31. The van der Waals surface area contributed by atoms with Crippen LogP contribution in [0.4, 0.5) is 17.5 Å². The van der Waals surface area contributed by atoms with Crippen LogP contribution < -0.4 is 10.6 Å². The Kier molecular flexibility index (Phi) is 3.81. The topological polar surface area (TPSA) is 78.5 Å². The normalized spacial score (nSPS) is 10.8. The SMILES string of the molecule is CCNc1nc(Nc2ccc(Cl)cc2Cl)c2cn[nH]c2n1. The Hall–Kier alpha value is -2.05. The molecular formula is C13H12Cl2N6. The fourth-order valence-electron chi connectivity index (χ4n) is 1.89. The van der Waals surface area contributed by atoms with E-state index in [0.717, 1.165) is 11.9 Å². The van der Waals surface area contributed by atoms with E-state index >= 15 is 0 Å². The van der Waals surface area contributed by atoms with E-state index in [9.17, 15) is 0 Å². The summed E-state index contributed by atoms with van der Waals surface area (Å²) < 4.78 is 0. The van der Waals surface area contributed by atoms with Crippen LogP contribution in [0.15, 0.2) is 24.4 Å². The number of rotatable bonds is 4. The Morgan fingerprint density at radius 3 is 2.86 bits per heavy atom. The first kappa shape index (κ1) is 13.9. The average molecular weight is 323 g/mol. The molecule has 1 aromatic carbocycles. The fourth-order valence-corrected chi connectivity index (χ4v) is 2.34. The van der Waals surface area contributed by atoms with Gasteiger partial charge >= 0.3 is 0 Å². The summed E-state index contributed by atoms with van der Waals surface area (Å²) in [5.74, 6) is 1.13. The molecule has 3 aromatic rings. The summed E-state index contributed by atoms with van der Waals surface area (Å²) in [5, 5.41) is 15.0. The molecule has 3 N–H and O–H groups in total. The number of fused-ring (bicyclic) bond motifs is 1. The summed E-state index contributed by atoms with van der Waals surface area (Å²) >= 11 is 12.1. The number of nitrogens with zero attached hydrogens (tertiary/aromatic N) is 3. The molecular weight excluding hydrogens is 311 g/mol. The summed E-state index contributed by atoms with van der Waals surface area (Å²) in [6, 6.07) is 5.23. The average Bonchev–Trinajstić information content (AvgIpc) is 2.91. The molecule has 0 unspecified atom stereocenters. The fraction of sp³-hybridized carbons (Fsp3) is 0.154. The van der Waals surface area contributed by atoms with Gasteiger partial charge in [-0.1, -0.05) is 23.2 Å². The Balaban J connectivity index is 2.04. The highest BCUT2D eigenvalue weighted by Crippen LogP contribution is 2.30. The number of hydrogen-bond acceptors (Lipinski definition) is 5. The molecule has 0 atom stereocenters. The van der Waals surface area contributed by atoms with E-state index in [4.69, 9.17) is 23.2 Å². The molecule has 0 saturated heterocycles. The van der Waals surface area contributed by atoms with Gasteiger partial charge in [0.1, 0.15) is 5.82 Å². The highest BCUT2D eigenvalue weighted by Gasteiger charge is 2.11. The zero-order valence-corrected chi connectivity index (χ0v) is 12.6. The van der Waals surface area contributed by atoms with Crippen LogP contribution in [0.1, 0.15) is 6.92 Å². The van der Waals surface area contributed by atoms with Crippen molar-refractivity contribution in [3.63, 3.8) is 0 Å². The van der Waals surface area contributed by atoms with Gasteiger partial charge in [-0.2, -0.15) is 15.1 Å². The molecule has 0 bridgehead atoms. The van der Waals surface area contributed by atoms with Crippen molar-refractivity contribution in [3.8, 4) is 0 Å². The minimum atomic E-state index is 0.516. The number of anilines is 3. The number of hydrogen-bond donors (Lipinski definition) is 3. The van der Waals surface area contributed by atoms with Gasteiger partial charge in [-0.05, 0) is 25.1 Å². The quantitative estimate of drug-likeness (QED) is 0.680. The number of nitrogens with one attached hydrogen (secondary N) is 3. The zero-order chi connectivity index (χ0) is 14.8. The molecule has 0 aliphatic carbocycles. The molecule has 0 radical (unpaired) electrons. The third kappa shape index (κ3) is 2.86. The monoisotopic (exact) mass is 322 g/mol. The lowest BCUT2D eigenvalue weighted by Crippen LogP contribution is -2.05. The summed E-state index contributed by atoms with van der Waals surface area (Å²) in [5.41, 5.74) is 1.36. The molecule has 0 amide bonds. The third-order valence-electron chi connectivity index (χ3n) is 2.83. The molecule has 0 fully saturated rings. The van der Waals surface area contributed by atoms with Crippen LogP contribution in [0.5, 0.6) is 0 Å².